The van der Waals surface area contributed by atoms with Gasteiger partial charge in [0.15, 0.2) is 0 Å². The lowest BCUT2D eigenvalue weighted by atomic mass is 10.1. The van der Waals surface area contributed by atoms with E-state index >= 15 is 0 Å². The fraction of sp³-hybridized carbons (Fsp3) is 0.857. The second-order valence-electron chi connectivity index (χ2n) is 6.01. The van der Waals surface area contributed by atoms with E-state index in [4.69, 9.17) is 0 Å². The first-order valence-electron chi connectivity index (χ1n) is 8.00. The Morgan fingerprint density at radius 1 is 1.32 bits per heavy atom. The minimum atomic E-state index is -3.16. The molecule has 0 saturated carbocycles. The molecular formula is C14H25N3O4S. The van der Waals surface area contributed by atoms with E-state index in [0.717, 1.165) is 6.42 Å². The van der Waals surface area contributed by atoms with E-state index in [9.17, 15) is 18.0 Å². The molecule has 0 aliphatic carbocycles. The Labute approximate surface area is 131 Å². The monoisotopic (exact) mass is 331 g/mol. The molecule has 7 nitrogen and oxygen atoms in total. The first kappa shape index (κ1) is 17.2. The molecule has 0 aromatic carbocycles. The molecule has 2 amide bonds. The van der Waals surface area contributed by atoms with Gasteiger partial charge in [0.1, 0.15) is 6.04 Å². The summed E-state index contributed by atoms with van der Waals surface area (Å²) in [5, 5.41) is 5.56. The van der Waals surface area contributed by atoms with Crippen LogP contribution in [0.25, 0.3) is 0 Å². The van der Waals surface area contributed by atoms with E-state index < -0.39 is 16.1 Å². The molecule has 0 spiro atoms. The molecular weight excluding hydrogens is 306 g/mol. The number of nitrogens with zero attached hydrogens (tertiary/aromatic N) is 1. The van der Waals surface area contributed by atoms with Gasteiger partial charge in [0, 0.05) is 25.6 Å². The van der Waals surface area contributed by atoms with Crippen LogP contribution in [0.4, 0.5) is 0 Å². The number of unbranched alkanes of at least 4 members (excludes halogenated alkanes) is 1. The minimum absolute atomic E-state index is 0.0115. The van der Waals surface area contributed by atoms with Crippen LogP contribution in [0.2, 0.25) is 0 Å². The van der Waals surface area contributed by atoms with E-state index in [-0.39, 0.29) is 23.6 Å². The minimum Gasteiger partial charge on any atom is -0.351 e. The van der Waals surface area contributed by atoms with Gasteiger partial charge >= 0.3 is 0 Å². The average Bonchev–Trinajstić information content (AvgIpc) is 2.92. The number of nitrogens with one attached hydrogen (secondary N) is 2. The van der Waals surface area contributed by atoms with E-state index in [0.29, 0.717) is 45.2 Å². The van der Waals surface area contributed by atoms with Crippen LogP contribution in [-0.4, -0.2) is 55.5 Å². The summed E-state index contributed by atoms with van der Waals surface area (Å²) in [5.41, 5.74) is 0. The average molecular weight is 331 g/mol. The first-order chi connectivity index (χ1) is 10.4. The van der Waals surface area contributed by atoms with Gasteiger partial charge in [-0.3, -0.25) is 9.59 Å². The topological polar surface area (TPSA) is 95.6 Å². The molecule has 2 rings (SSSR count). The molecule has 0 aromatic rings. The highest BCUT2D eigenvalue weighted by Gasteiger charge is 2.31. The summed E-state index contributed by atoms with van der Waals surface area (Å²) in [6.45, 7) is 2.88. The second-order valence-corrected chi connectivity index (χ2v) is 8.10. The molecule has 2 saturated heterocycles. The molecule has 2 heterocycles. The molecule has 1 unspecified atom stereocenters. The Bertz CT molecular complexity index is 512. The number of sulfonamides is 1. The number of hydrogen-bond acceptors (Lipinski definition) is 4. The maximum Gasteiger partial charge on any atom is 0.242 e. The lowest BCUT2D eigenvalue weighted by Crippen LogP contribution is -2.50. The number of carbonyl (C=O) groups is 2. The Hall–Kier alpha value is -1.15. The van der Waals surface area contributed by atoms with Crippen LogP contribution in [-0.2, 0) is 19.6 Å². The molecule has 2 N–H and O–H groups in total. The van der Waals surface area contributed by atoms with Crippen molar-refractivity contribution >= 4 is 21.8 Å². The Balaban J connectivity index is 1.77. The summed E-state index contributed by atoms with van der Waals surface area (Å²) in [4.78, 5) is 23.1. The maximum atomic E-state index is 12.1. The third-order valence-corrected chi connectivity index (χ3v) is 6.22. The van der Waals surface area contributed by atoms with Crippen LogP contribution in [0, 0.1) is 0 Å². The third-order valence-electron chi connectivity index (χ3n) is 4.26. The summed E-state index contributed by atoms with van der Waals surface area (Å²) in [6.07, 6.45) is 3.72. The van der Waals surface area contributed by atoms with Crippen molar-refractivity contribution in [1.82, 2.24) is 14.9 Å². The van der Waals surface area contributed by atoms with Crippen molar-refractivity contribution in [2.24, 2.45) is 0 Å². The van der Waals surface area contributed by atoms with E-state index in [1.54, 1.807) is 0 Å². The summed E-state index contributed by atoms with van der Waals surface area (Å²) in [5.74, 6) is -0.0376. The van der Waals surface area contributed by atoms with Gasteiger partial charge in [-0.05, 0) is 25.7 Å². The van der Waals surface area contributed by atoms with Crippen molar-refractivity contribution in [2.45, 2.75) is 57.5 Å². The van der Waals surface area contributed by atoms with Crippen LogP contribution >= 0.6 is 0 Å². The third kappa shape index (κ3) is 4.42. The van der Waals surface area contributed by atoms with Gasteiger partial charge in [0.05, 0.1) is 5.75 Å². The van der Waals surface area contributed by atoms with E-state index in [2.05, 4.69) is 10.6 Å². The summed E-state index contributed by atoms with van der Waals surface area (Å²) < 4.78 is 25.7. The Kier molecular flexibility index (Phi) is 5.80. The largest absolute Gasteiger partial charge is 0.351 e. The summed E-state index contributed by atoms with van der Waals surface area (Å²) in [7, 11) is -3.16. The zero-order valence-electron chi connectivity index (χ0n) is 13.0. The van der Waals surface area contributed by atoms with Gasteiger partial charge in [0.25, 0.3) is 0 Å². The molecule has 0 aromatic heterocycles. The van der Waals surface area contributed by atoms with E-state index in [1.807, 2.05) is 6.92 Å². The highest BCUT2D eigenvalue weighted by molar-refractivity contribution is 7.89. The lowest BCUT2D eigenvalue weighted by Gasteiger charge is -2.32. The predicted molar refractivity (Wildman–Crippen MR) is 82.6 cm³/mol. The van der Waals surface area contributed by atoms with Crippen LogP contribution in [0.1, 0.15) is 45.4 Å². The van der Waals surface area contributed by atoms with Crippen molar-refractivity contribution in [3.63, 3.8) is 0 Å². The molecule has 1 atom stereocenters. The standard InChI is InChI=1S/C14H25N3O4S/c1-2-3-10-22(20,21)17-8-6-11(7-9-17)15-14(19)12-4-5-13(18)16-12/h11-12H,2-10H2,1H3,(H,15,19)(H,16,18). The summed E-state index contributed by atoms with van der Waals surface area (Å²) >= 11 is 0. The van der Waals surface area contributed by atoms with Crippen molar-refractivity contribution in [1.29, 1.82) is 0 Å². The van der Waals surface area contributed by atoms with Gasteiger partial charge < -0.3 is 10.6 Å². The molecule has 0 radical (unpaired) electrons. The quantitative estimate of drug-likeness (QED) is 0.715. The van der Waals surface area contributed by atoms with E-state index in [1.165, 1.54) is 4.31 Å². The highest BCUT2D eigenvalue weighted by atomic mass is 32.2. The van der Waals surface area contributed by atoms with Crippen molar-refractivity contribution in [3.8, 4) is 0 Å². The predicted octanol–water partition coefficient (Wildman–Crippen LogP) is -0.0245. The lowest BCUT2D eigenvalue weighted by molar-refractivity contribution is -0.126. The fourth-order valence-electron chi connectivity index (χ4n) is 2.85. The number of amides is 2. The summed E-state index contributed by atoms with van der Waals surface area (Å²) in [6, 6.07) is -0.443. The van der Waals surface area contributed by atoms with Crippen molar-refractivity contribution in [3.05, 3.63) is 0 Å². The van der Waals surface area contributed by atoms with Crippen molar-refractivity contribution < 1.29 is 18.0 Å². The zero-order valence-corrected chi connectivity index (χ0v) is 13.8. The van der Waals surface area contributed by atoms with Crippen LogP contribution in [0.5, 0.6) is 0 Å². The first-order valence-corrected chi connectivity index (χ1v) is 9.61. The van der Waals surface area contributed by atoms with Gasteiger partial charge in [-0.2, -0.15) is 0 Å². The Morgan fingerprint density at radius 2 is 2.00 bits per heavy atom. The number of piperidine rings is 1. The van der Waals surface area contributed by atoms with Gasteiger partial charge in [0.2, 0.25) is 21.8 Å². The zero-order chi connectivity index (χ0) is 16.2. The smallest absolute Gasteiger partial charge is 0.242 e. The number of rotatable bonds is 6. The molecule has 22 heavy (non-hydrogen) atoms. The van der Waals surface area contributed by atoms with Crippen molar-refractivity contribution in [2.75, 3.05) is 18.8 Å². The van der Waals surface area contributed by atoms with Gasteiger partial charge in [-0.25, -0.2) is 12.7 Å². The second kappa shape index (κ2) is 7.41. The van der Waals surface area contributed by atoms with Crippen LogP contribution in [0.3, 0.4) is 0 Å². The normalized spacial score (nSPS) is 24.2. The van der Waals surface area contributed by atoms with Crippen LogP contribution in [0.15, 0.2) is 0 Å². The molecule has 2 fully saturated rings. The molecule has 0 bridgehead atoms. The number of hydrogen-bond donors (Lipinski definition) is 2. The fourth-order valence-corrected chi connectivity index (χ4v) is 4.53. The van der Waals surface area contributed by atoms with Gasteiger partial charge in [-0.1, -0.05) is 13.3 Å². The SMILES string of the molecule is CCCCS(=O)(=O)N1CCC(NC(=O)C2CCC(=O)N2)CC1. The van der Waals surface area contributed by atoms with Gasteiger partial charge in [-0.15, -0.1) is 0 Å². The highest BCUT2D eigenvalue weighted by Crippen LogP contribution is 2.16. The van der Waals surface area contributed by atoms with Crippen LogP contribution < -0.4 is 10.6 Å². The Morgan fingerprint density at radius 3 is 2.55 bits per heavy atom. The molecule has 2 aliphatic rings. The molecule has 8 heteroatoms. The molecule has 2 aliphatic heterocycles. The maximum absolute atomic E-state index is 12.1. The molecule has 126 valence electrons. The number of carbonyl (C=O) groups excluding carboxylic acids is 2.